The van der Waals surface area contributed by atoms with Crippen LogP contribution in [0.1, 0.15) is 31.4 Å². The number of hydrogen-bond donors (Lipinski definition) is 2. The van der Waals surface area contributed by atoms with E-state index >= 15 is 0 Å². The molecule has 86 valence electrons. The predicted molar refractivity (Wildman–Crippen MR) is 61.5 cm³/mol. The van der Waals surface area contributed by atoms with Crippen molar-refractivity contribution in [3.8, 4) is 0 Å². The van der Waals surface area contributed by atoms with Crippen LogP contribution in [0.25, 0.3) is 0 Å². The summed E-state index contributed by atoms with van der Waals surface area (Å²) >= 11 is 0. The van der Waals surface area contributed by atoms with Gasteiger partial charge in [0, 0.05) is 6.20 Å². The van der Waals surface area contributed by atoms with E-state index in [0.717, 1.165) is 31.4 Å². The van der Waals surface area contributed by atoms with E-state index in [9.17, 15) is 4.79 Å². The minimum atomic E-state index is -0.644. The smallest absolute Gasteiger partial charge is 0.240 e. The Bertz CT molecular complexity index is 358. The summed E-state index contributed by atoms with van der Waals surface area (Å²) in [5.41, 5.74) is 6.25. The van der Waals surface area contributed by atoms with E-state index in [4.69, 9.17) is 5.73 Å². The maximum atomic E-state index is 11.9. The highest BCUT2D eigenvalue weighted by Gasteiger charge is 2.36. The Morgan fingerprint density at radius 1 is 1.44 bits per heavy atom. The van der Waals surface area contributed by atoms with Crippen LogP contribution in [0, 0.1) is 0 Å². The van der Waals surface area contributed by atoms with Crippen molar-refractivity contribution in [2.45, 2.75) is 37.8 Å². The maximum absolute atomic E-state index is 11.9. The fraction of sp³-hybridized carbons (Fsp3) is 0.500. The quantitative estimate of drug-likeness (QED) is 0.796. The number of hydrogen-bond acceptors (Lipinski definition) is 3. The van der Waals surface area contributed by atoms with Crippen molar-refractivity contribution in [3.05, 3.63) is 30.1 Å². The van der Waals surface area contributed by atoms with Crippen LogP contribution in [-0.4, -0.2) is 16.4 Å². The molecule has 0 radical (unpaired) electrons. The molecule has 1 aliphatic rings. The Labute approximate surface area is 95.3 Å². The van der Waals surface area contributed by atoms with Crippen molar-refractivity contribution >= 4 is 5.91 Å². The first-order valence-corrected chi connectivity index (χ1v) is 5.68. The summed E-state index contributed by atoms with van der Waals surface area (Å²) in [6.07, 6.45) is 5.40. The molecule has 1 saturated carbocycles. The van der Waals surface area contributed by atoms with Crippen molar-refractivity contribution in [1.82, 2.24) is 10.3 Å². The number of nitrogens with two attached hydrogens (primary N) is 1. The summed E-state index contributed by atoms with van der Waals surface area (Å²) in [6.45, 7) is 0.457. The average Bonchev–Trinajstić information content (AvgIpc) is 2.76. The Hall–Kier alpha value is -1.42. The fourth-order valence-corrected chi connectivity index (χ4v) is 2.08. The van der Waals surface area contributed by atoms with Crippen molar-refractivity contribution in [1.29, 1.82) is 0 Å². The molecule has 0 aliphatic heterocycles. The molecular formula is C12H17N3O. The van der Waals surface area contributed by atoms with Gasteiger partial charge in [-0.15, -0.1) is 0 Å². The van der Waals surface area contributed by atoms with E-state index in [0.29, 0.717) is 6.54 Å². The highest BCUT2D eigenvalue weighted by atomic mass is 16.2. The molecule has 0 spiro atoms. The van der Waals surface area contributed by atoms with Crippen LogP contribution in [0.3, 0.4) is 0 Å². The SMILES string of the molecule is NC1(C(=O)NCc2ccccn2)CCCC1. The second kappa shape index (κ2) is 4.61. The van der Waals surface area contributed by atoms with Gasteiger partial charge < -0.3 is 11.1 Å². The van der Waals surface area contributed by atoms with Crippen LogP contribution in [-0.2, 0) is 11.3 Å². The molecule has 0 aromatic carbocycles. The van der Waals surface area contributed by atoms with Crippen LogP contribution in [0.2, 0.25) is 0 Å². The molecule has 1 heterocycles. The molecule has 0 atom stereocenters. The third kappa shape index (κ3) is 2.39. The van der Waals surface area contributed by atoms with Gasteiger partial charge in [0.15, 0.2) is 0 Å². The maximum Gasteiger partial charge on any atom is 0.240 e. The van der Waals surface area contributed by atoms with E-state index in [-0.39, 0.29) is 5.91 Å². The standard InChI is InChI=1S/C12H17N3O/c13-12(6-2-3-7-12)11(16)15-9-10-5-1-4-8-14-10/h1,4-5,8H,2-3,6-7,9,13H2,(H,15,16). The summed E-state index contributed by atoms with van der Waals surface area (Å²) in [5.74, 6) is -0.0457. The number of aromatic nitrogens is 1. The van der Waals surface area contributed by atoms with Gasteiger partial charge in [-0.3, -0.25) is 9.78 Å². The molecule has 1 aromatic heterocycles. The molecule has 2 rings (SSSR count). The third-order valence-corrected chi connectivity index (χ3v) is 3.10. The molecule has 3 N–H and O–H groups in total. The number of carbonyl (C=O) groups excluding carboxylic acids is 1. The lowest BCUT2D eigenvalue weighted by molar-refractivity contribution is -0.126. The van der Waals surface area contributed by atoms with Gasteiger partial charge in [0.05, 0.1) is 17.8 Å². The van der Waals surface area contributed by atoms with Gasteiger partial charge in [-0.2, -0.15) is 0 Å². The zero-order valence-electron chi connectivity index (χ0n) is 9.28. The largest absolute Gasteiger partial charge is 0.349 e. The Morgan fingerprint density at radius 3 is 2.81 bits per heavy atom. The number of amides is 1. The molecule has 0 bridgehead atoms. The van der Waals surface area contributed by atoms with E-state index in [1.54, 1.807) is 6.20 Å². The molecule has 1 aromatic rings. The fourth-order valence-electron chi connectivity index (χ4n) is 2.08. The van der Waals surface area contributed by atoms with Crippen LogP contribution in [0.15, 0.2) is 24.4 Å². The van der Waals surface area contributed by atoms with Gasteiger partial charge in [0.1, 0.15) is 0 Å². The van der Waals surface area contributed by atoms with Gasteiger partial charge in [0.25, 0.3) is 0 Å². The van der Waals surface area contributed by atoms with Gasteiger partial charge >= 0.3 is 0 Å². The predicted octanol–water partition coefficient (Wildman–Crippen LogP) is 0.969. The van der Waals surface area contributed by atoms with E-state index in [1.807, 2.05) is 18.2 Å². The molecule has 4 heteroatoms. The highest BCUT2D eigenvalue weighted by Crippen LogP contribution is 2.27. The lowest BCUT2D eigenvalue weighted by Crippen LogP contribution is -2.51. The molecule has 1 aliphatic carbocycles. The molecular weight excluding hydrogens is 202 g/mol. The van der Waals surface area contributed by atoms with E-state index < -0.39 is 5.54 Å². The van der Waals surface area contributed by atoms with Crippen LogP contribution in [0.5, 0.6) is 0 Å². The molecule has 4 nitrogen and oxygen atoms in total. The van der Waals surface area contributed by atoms with Gasteiger partial charge in [-0.1, -0.05) is 18.9 Å². The lowest BCUT2D eigenvalue weighted by Gasteiger charge is -2.22. The molecule has 16 heavy (non-hydrogen) atoms. The van der Waals surface area contributed by atoms with Gasteiger partial charge in [-0.05, 0) is 25.0 Å². The molecule has 0 unspecified atom stereocenters. The van der Waals surface area contributed by atoms with Crippen LogP contribution < -0.4 is 11.1 Å². The Kier molecular flexibility index (Phi) is 3.19. The minimum Gasteiger partial charge on any atom is -0.349 e. The van der Waals surface area contributed by atoms with Crippen LogP contribution in [0.4, 0.5) is 0 Å². The second-order valence-electron chi connectivity index (χ2n) is 4.37. The lowest BCUT2D eigenvalue weighted by atomic mass is 9.98. The average molecular weight is 219 g/mol. The third-order valence-electron chi connectivity index (χ3n) is 3.10. The van der Waals surface area contributed by atoms with Gasteiger partial charge in [0.2, 0.25) is 5.91 Å². The molecule has 1 fully saturated rings. The monoisotopic (exact) mass is 219 g/mol. The summed E-state index contributed by atoms with van der Waals surface area (Å²) < 4.78 is 0. The number of carbonyl (C=O) groups is 1. The molecule has 0 saturated heterocycles. The summed E-state index contributed by atoms with van der Waals surface area (Å²) in [6, 6.07) is 5.65. The first-order chi connectivity index (χ1) is 7.71. The Morgan fingerprint density at radius 2 is 2.19 bits per heavy atom. The van der Waals surface area contributed by atoms with Crippen LogP contribution >= 0.6 is 0 Å². The first kappa shape index (κ1) is 11.1. The normalized spacial score (nSPS) is 18.3. The topological polar surface area (TPSA) is 68.0 Å². The van der Waals surface area contributed by atoms with E-state index in [1.165, 1.54) is 0 Å². The summed E-state index contributed by atoms with van der Waals surface area (Å²) in [5, 5.41) is 2.85. The second-order valence-corrected chi connectivity index (χ2v) is 4.37. The van der Waals surface area contributed by atoms with Crippen molar-refractivity contribution in [2.75, 3.05) is 0 Å². The van der Waals surface area contributed by atoms with E-state index in [2.05, 4.69) is 10.3 Å². The summed E-state index contributed by atoms with van der Waals surface area (Å²) in [4.78, 5) is 16.0. The summed E-state index contributed by atoms with van der Waals surface area (Å²) in [7, 11) is 0. The number of rotatable bonds is 3. The minimum absolute atomic E-state index is 0.0457. The van der Waals surface area contributed by atoms with Crippen molar-refractivity contribution in [2.24, 2.45) is 5.73 Å². The van der Waals surface area contributed by atoms with Crippen molar-refractivity contribution < 1.29 is 4.79 Å². The highest BCUT2D eigenvalue weighted by molar-refractivity contribution is 5.86. The van der Waals surface area contributed by atoms with Crippen molar-refractivity contribution in [3.63, 3.8) is 0 Å². The van der Waals surface area contributed by atoms with Gasteiger partial charge in [-0.25, -0.2) is 0 Å². The zero-order valence-corrected chi connectivity index (χ0v) is 9.28. The first-order valence-electron chi connectivity index (χ1n) is 5.68. The Balaban J connectivity index is 1.89. The molecule has 1 amide bonds. The number of pyridine rings is 1. The zero-order chi connectivity index (χ0) is 11.4. The number of nitrogens with one attached hydrogen (secondary N) is 1. The number of nitrogens with zero attached hydrogens (tertiary/aromatic N) is 1.